The van der Waals surface area contributed by atoms with E-state index in [-0.39, 0.29) is 12.3 Å². The third kappa shape index (κ3) is 4.38. The van der Waals surface area contributed by atoms with Crippen LogP contribution in [0.3, 0.4) is 0 Å². The average molecular weight is 290 g/mol. The Morgan fingerprint density at radius 2 is 1.62 bits per heavy atom. The SMILES string of the molecule is CC(CC(=O)O)Cc1ccc(-c2cc(F)cc(F)c2)cc1. The van der Waals surface area contributed by atoms with Gasteiger partial charge in [0, 0.05) is 12.5 Å². The van der Waals surface area contributed by atoms with Crippen LogP contribution in [0.15, 0.2) is 42.5 Å². The lowest BCUT2D eigenvalue weighted by molar-refractivity contribution is -0.137. The second kappa shape index (κ2) is 6.48. The summed E-state index contributed by atoms with van der Waals surface area (Å²) in [5.41, 5.74) is 2.21. The quantitative estimate of drug-likeness (QED) is 0.892. The molecule has 2 aromatic rings. The summed E-state index contributed by atoms with van der Waals surface area (Å²) in [6, 6.07) is 10.7. The van der Waals surface area contributed by atoms with Gasteiger partial charge in [-0.2, -0.15) is 0 Å². The van der Waals surface area contributed by atoms with Gasteiger partial charge < -0.3 is 5.11 Å². The van der Waals surface area contributed by atoms with Crippen LogP contribution in [-0.4, -0.2) is 11.1 Å². The van der Waals surface area contributed by atoms with E-state index in [1.54, 1.807) is 12.1 Å². The number of hydrogen-bond donors (Lipinski definition) is 1. The smallest absolute Gasteiger partial charge is 0.303 e. The van der Waals surface area contributed by atoms with Gasteiger partial charge in [-0.3, -0.25) is 4.79 Å². The monoisotopic (exact) mass is 290 g/mol. The van der Waals surface area contributed by atoms with Crippen LogP contribution >= 0.6 is 0 Å². The normalized spacial score (nSPS) is 12.1. The highest BCUT2D eigenvalue weighted by Gasteiger charge is 2.09. The first kappa shape index (κ1) is 15.2. The molecule has 1 atom stereocenters. The topological polar surface area (TPSA) is 37.3 Å². The van der Waals surface area contributed by atoms with Gasteiger partial charge in [0.1, 0.15) is 11.6 Å². The first-order valence-electron chi connectivity index (χ1n) is 6.71. The van der Waals surface area contributed by atoms with E-state index in [4.69, 9.17) is 5.11 Å². The van der Waals surface area contributed by atoms with Crippen molar-refractivity contribution < 1.29 is 18.7 Å². The number of aliphatic carboxylic acids is 1. The first-order chi connectivity index (χ1) is 9.94. The van der Waals surface area contributed by atoms with E-state index in [2.05, 4.69) is 0 Å². The molecule has 2 nitrogen and oxygen atoms in total. The van der Waals surface area contributed by atoms with Crippen molar-refractivity contribution in [2.45, 2.75) is 19.8 Å². The van der Waals surface area contributed by atoms with Gasteiger partial charge in [-0.25, -0.2) is 8.78 Å². The second-order valence-electron chi connectivity index (χ2n) is 5.26. The van der Waals surface area contributed by atoms with Crippen LogP contribution in [-0.2, 0) is 11.2 Å². The van der Waals surface area contributed by atoms with Gasteiger partial charge in [0.15, 0.2) is 0 Å². The molecule has 2 rings (SSSR count). The zero-order valence-corrected chi connectivity index (χ0v) is 11.6. The van der Waals surface area contributed by atoms with Gasteiger partial charge in [0.2, 0.25) is 0 Å². The van der Waals surface area contributed by atoms with Crippen molar-refractivity contribution in [3.8, 4) is 11.1 Å². The molecular formula is C17H16F2O2. The average Bonchev–Trinajstić information content (AvgIpc) is 2.37. The van der Waals surface area contributed by atoms with Crippen molar-refractivity contribution in [3.63, 3.8) is 0 Å². The molecule has 2 aromatic carbocycles. The molecule has 21 heavy (non-hydrogen) atoms. The number of carboxylic acids is 1. The molecule has 0 fully saturated rings. The molecule has 0 bridgehead atoms. The lowest BCUT2D eigenvalue weighted by Crippen LogP contribution is -2.06. The van der Waals surface area contributed by atoms with E-state index in [0.29, 0.717) is 12.0 Å². The van der Waals surface area contributed by atoms with Crippen LogP contribution in [0.4, 0.5) is 8.78 Å². The number of hydrogen-bond acceptors (Lipinski definition) is 1. The molecule has 110 valence electrons. The van der Waals surface area contributed by atoms with Gasteiger partial charge >= 0.3 is 5.97 Å². The molecule has 0 aliphatic heterocycles. The van der Waals surface area contributed by atoms with E-state index >= 15 is 0 Å². The summed E-state index contributed by atoms with van der Waals surface area (Å²) in [5.74, 6) is -1.98. The lowest BCUT2D eigenvalue weighted by atomic mass is 9.96. The minimum absolute atomic E-state index is 0.0416. The van der Waals surface area contributed by atoms with Crippen molar-refractivity contribution in [3.05, 3.63) is 59.7 Å². The van der Waals surface area contributed by atoms with E-state index < -0.39 is 17.6 Å². The van der Waals surface area contributed by atoms with Crippen LogP contribution in [0.25, 0.3) is 11.1 Å². The Kier molecular flexibility index (Phi) is 4.68. The molecular weight excluding hydrogens is 274 g/mol. The molecule has 1 N–H and O–H groups in total. The number of benzene rings is 2. The van der Waals surface area contributed by atoms with E-state index in [1.165, 1.54) is 12.1 Å². The van der Waals surface area contributed by atoms with E-state index in [9.17, 15) is 13.6 Å². The Morgan fingerprint density at radius 3 is 2.14 bits per heavy atom. The maximum absolute atomic E-state index is 13.2. The molecule has 4 heteroatoms. The summed E-state index contributed by atoms with van der Waals surface area (Å²) < 4.78 is 26.4. The van der Waals surface area contributed by atoms with Crippen LogP contribution in [0.1, 0.15) is 18.9 Å². The van der Waals surface area contributed by atoms with E-state index in [0.717, 1.165) is 17.2 Å². The van der Waals surface area contributed by atoms with Crippen LogP contribution in [0.5, 0.6) is 0 Å². The highest BCUT2D eigenvalue weighted by molar-refractivity contribution is 5.67. The molecule has 0 amide bonds. The van der Waals surface area contributed by atoms with Gasteiger partial charge in [-0.15, -0.1) is 0 Å². The number of carbonyl (C=O) groups is 1. The summed E-state index contributed by atoms with van der Waals surface area (Å²) >= 11 is 0. The molecule has 0 aliphatic rings. The Balaban J connectivity index is 2.13. The molecule has 0 aliphatic carbocycles. The van der Waals surface area contributed by atoms with Gasteiger partial charge in [-0.1, -0.05) is 31.2 Å². The van der Waals surface area contributed by atoms with Crippen LogP contribution in [0.2, 0.25) is 0 Å². The van der Waals surface area contributed by atoms with Crippen molar-refractivity contribution in [1.29, 1.82) is 0 Å². The number of rotatable bonds is 5. The molecule has 0 radical (unpaired) electrons. The van der Waals surface area contributed by atoms with Crippen LogP contribution < -0.4 is 0 Å². The lowest BCUT2D eigenvalue weighted by Gasteiger charge is -2.09. The number of carboxylic acid groups (broad SMARTS) is 1. The fourth-order valence-corrected chi connectivity index (χ4v) is 2.33. The minimum atomic E-state index is -0.811. The molecule has 0 heterocycles. The molecule has 0 saturated carbocycles. The van der Waals surface area contributed by atoms with Crippen LogP contribution in [0, 0.1) is 17.6 Å². The van der Waals surface area contributed by atoms with Crippen molar-refractivity contribution in [1.82, 2.24) is 0 Å². The maximum atomic E-state index is 13.2. The van der Waals surface area contributed by atoms with Gasteiger partial charge in [0.05, 0.1) is 0 Å². The Hall–Kier alpha value is -2.23. The largest absolute Gasteiger partial charge is 0.481 e. The van der Waals surface area contributed by atoms with Gasteiger partial charge in [-0.05, 0) is 41.2 Å². The second-order valence-corrected chi connectivity index (χ2v) is 5.26. The van der Waals surface area contributed by atoms with Gasteiger partial charge in [0.25, 0.3) is 0 Å². The Morgan fingerprint density at radius 1 is 1.05 bits per heavy atom. The molecule has 1 unspecified atom stereocenters. The first-order valence-corrected chi connectivity index (χ1v) is 6.71. The molecule has 0 aromatic heterocycles. The summed E-state index contributed by atoms with van der Waals surface area (Å²) in [6.45, 7) is 1.88. The molecule has 0 saturated heterocycles. The highest BCUT2D eigenvalue weighted by Crippen LogP contribution is 2.23. The maximum Gasteiger partial charge on any atom is 0.303 e. The number of halogens is 2. The third-order valence-corrected chi connectivity index (χ3v) is 3.26. The minimum Gasteiger partial charge on any atom is -0.481 e. The summed E-state index contributed by atoms with van der Waals surface area (Å²) in [5, 5.41) is 8.74. The van der Waals surface area contributed by atoms with Crippen molar-refractivity contribution >= 4 is 5.97 Å². The Bertz CT molecular complexity index is 615. The summed E-state index contributed by atoms with van der Waals surface area (Å²) in [7, 11) is 0. The highest BCUT2D eigenvalue weighted by atomic mass is 19.1. The fraction of sp³-hybridized carbons (Fsp3) is 0.235. The zero-order valence-electron chi connectivity index (χ0n) is 11.6. The molecule has 0 spiro atoms. The third-order valence-electron chi connectivity index (χ3n) is 3.26. The predicted octanol–water partition coefficient (Wildman–Crippen LogP) is 4.29. The van der Waals surface area contributed by atoms with Crippen molar-refractivity contribution in [2.24, 2.45) is 5.92 Å². The summed E-state index contributed by atoms with van der Waals surface area (Å²) in [4.78, 5) is 10.6. The van der Waals surface area contributed by atoms with Crippen molar-refractivity contribution in [2.75, 3.05) is 0 Å². The zero-order chi connectivity index (χ0) is 15.4. The predicted molar refractivity (Wildman–Crippen MR) is 76.9 cm³/mol. The standard InChI is InChI=1S/C17H16F2O2/c1-11(7-17(20)21)6-12-2-4-13(5-3-12)14-8-15(18)10-16(19)9-14/h2-5,8-11H,6-7H2,1H3,(H,20,21). The summed E-state index contributed by atoms with van der Waals surface area (Å²) in [6.07, 6.45) is 0.779. The van der Waals surface area contributed by atoms with E-state index in [1.807, 2.05) is 19.1 Å². The fourth-order valence-electron chi connectivity index (χ4n) is 2.33. The Labute approximate surface area is 122 Å².